The van der Waals surface area contributed by atoms with E-state index in [1.54, 1.807) is 38.1 Å². The Labute approximate surface area is 148 Å². The molecule has 0 heterocycles. The predicted octanol–water partition coefficient (Wildman–Crippen LogP) is 2.98. The van der Waals surface area contributed by atoms with Gasteiger partial charge in [-0.15, -0.1) is 0 Å². The minimum absolute atomic E-state index is 0.0650. The highest BCUT2D eigenvalue weighted by atomic mass is 32.2. The monoisotopic (exact) mass is 362 g/mol. The quantitative estimate of drug-likeness (QED) is 0.822. The Morgan fingerprint density at radius 1 is 1.08 bits per heavy atom. The van der Waals surface area contributed by atoms with Crippen molar-refractivity contribution < 1.29 is 17.9 Å². The summed E-state index contributed by atoms with van der Waals surface area (Å²) in [6, 6.07) is 13.2. The Morgan fingerprint density at radius 2 is 1.72 bits per heavy atom. The van der Waals surface area contributed by atoms with Crippen LogP contribution in [0.2, 0.25) is 0 Å². The van der Waals surface area contributed by atoms with Crippen molar-refractivity contribution in [1.82, 2.24) is 4.31 Å². The maximum atomic E-state index is 12.7. The Morgan fingerprint density at radius 3 is 2.28 bits per heavy atom. The van der Waals surface area contributed by atoms with Crippen LogP contribution in [-0.2, 0) is 10.0 Å². The molecule has 134 valence electrons. The van der Waals surface area contributed by atoms with Crippen LogP contribution in [0, 0.1) is 0 Å². The van der Waals surface area contributed by atoms with Crippen LogP contribution in [0.15, 0.2) is 53.4 Å². The largest absolute Gasteiger partial charge is 0.496 e. The molecule has 0 saturated carbocycles. The summed E-state index contributed by atoms with van der Waals surface area (Å²) in [5, 5.41) is 2.74. The highest BCUT2D eigenvalue weighted by molar-refractivity contribution is 7.89. The second-order valence-electron chi connectivity index (χ2n) is 5.27. The number of ether oxygens (including phenoxy) is 1. The number of carbonyl (C=O) groups excluding carboxylic acids is 1. The highest BCUT2D eigenvalue weighted by Crippen LogP contribution is 2.25. The van der Waals surface area contributed by atoms with Crippen LogP contribution in [0.3, 0.4) is 0 Å². The van der Waals surface area contributed by atoms with Crippen molar-refractivity contribution in [3.63, 3.8) is 0 Å². The Balaban J connectivity index is 2.42. The predicted molar refractivity (Wildman–Crippen MR) is 97.5 cm³/mol. The number of rotatable bonds is 7. The van der Waals surface area contributed by atoms with Crippen molar-refractivity contribution in [1.29, 1.82) is 0 Å². The number of hydrogen-bond acceptors (Lipinski definition) is 4. The van der Waals surface area contributed by atoms with E-state index in [4.69, 9.17) is 4.74 Å². The molecule has 2 aromatic carbocycles. The van der Waals surface area contributed by atoms with Crippen molar-refractivity contribution in [2.45, 2.75) is 18.7 Å². The van der Waals surface area contributed by atoms with Gasteiger partial charge in [-0.25, -0.2) is 8.42 Å². The van der Waals surface area contributed by atoms with Gasteiger partial charge in [0.1, 0.15) is 5.75 Å². The number of nitrogens with one attached hydrogen (secondary N) is 1. The number of anilines is 1. The number of nitrogens with zero attached hydrogens (tertiary/aromatic N) is 1. The third-order valence-corrected chi connectivity index (χ3v) is 5.84. The number of benzene rings is 2. The number of sulfonamides is 1. The SMILES string of the molecule is CCN(CC)S(=O)(=O)c1ccc(OC)c(C(=O)Nc2ccccc2)c1. The second-order valence-corrected chi connectivity index (χ2v) is 7.21. The van der Waals surface area contributed by atoms with Crippen LogP contribution >= 0.6 is 0 Å². The summed E-state index contributed by atoms with van der Waals surface area (Å²) in [6.07, 6.45) is 0. The van der Waals surface area contributed by atoms with E-state index in [0.717, 1.165) is 0 Å². The lowest BCUT2D eigenvalue weighted by Crippen LogP contribution is -2.30. The van der Waals surface area contributed by atoms with E-state index in [2.05, 4.69) is 5.32 Å². The van der Waals surface area contributed by atoms with Gasteiger partial charge >= 0.3 is 0 Å². The third-order valence-electron chi connectivity index (χ3n) is 3.79. The molecule has 0 bridgehead atoms. The van der Waals surface area contributed by atoms with E-state index in [-0.39, 0.29) is 10.5 Å². The van der Waals surface area contributed by atoms with Gasteiger partial charge in [-0.3, -0.25) is 4.79 Å². The van der Waals surface area contributed by atoms with E-state index in [1.165, 1.54) is 29.6 Å². The molecule has 0 fully saturated rings. The van der Waals surface area contributed by atoms with E-state index in [1.807, 2.05) is 6.07 Å². The first-order chi connectivity index (χ1) is 11.9. The average Bonchev–Trinajstić information content (AvgIpc) is 2.62. The van der Waals surface area contributed by atoms with Gasteiger partial charge < -0.3 is 10.1 Å². The molecule has 0 aliphatic heterocycles. The maximum absolute atomic E-state index is 12.7. The van der Waals surface area contributed by atoms with Crippen LogP contribution in [-0.4, -0.2) is 38.8 Å². The molecule has 0 saturated heterocycles. The molecule has 1 N–H and O–H groups in total. The van der Waals surface area contributed by atoms with Gasteiger partial charge in [0.2, 0.25) is 10.0 Å². The summed E-state index contributed by atoms with van der Waals surface area (Å²) in [4.78, 5) is 12.6. The number of carbonyl (C=O) groups is 1. The first kappa shape index (κ1) is 19.0. The van der Waals surface area contributed by atoms with Crippen molar-refractivity contribution >= 4 is 21.6 Å². The van der Waals surface area contributed by atoms with Crippen molar-refractivity contribution in [3.05, 3.63) is 54.1 Å². The minimum atomic E-state index is -3.66. The molecule has 7 heteroatoms. The lowest BCUT2D eigenvalue weighted by Gasteiger charge is -2.19. The highest BCUT2D eigenvalue weighted by Gasteiger charge is 2.24. The first-order valence-corrected chi connectivity index (χ1v) is 9.42. The number of methoxy groups -OCH3 is 1. The summed E-state index contributed by atoms with van der Waals surface area (Å²) >= 11 is 0. The summed E-state index contributed by atoms with van der Waals surface area (Å²) in [7, 11) is -2.22. The number of hydrogen-bond donors (Lipinski definition) is 1. The molecular formula is C18H22N2O4S. The van der Waals surface area contributed by atoms with Crippen molar-refractivity contribution in [2.24, 2.45) is 0 Å². The van der Waals surface area contributed by atoms with Crippen LogP contribution in [0.1, 0.15) is 24.2 Å². The Hall–Kier alpha value is -2.38. The zero-order chi connectivity index (χ0) is 18.4. The topological polar surface area (TPSA) is 75.7 Å². The molecule has 0 aliphatic carbocycles. The minimum Gasteiger partial charge on any atom is -0.496 e. The standard InChI is InChI=1S/C18H22N2O4S/c1-4-20(5-2)25(22,23)15-11-12-17(24-3)16(13-15)18(21)19-14-9-7-6-8-10-14/h6-13H,4-5H2,1-3H3,(H,19,21). The number of amides is 1. The smallest absolute Gasteiger partial charge is 0.259 e. The van der Waals surface area contributed by atoms with Crippen LogP contribution in [0.4, 0.5) is 5.69 Å². The van der Waals surface area contributed by atoms with Gasteiger partial charge in [-0.05, 0) is 30.3 Å². The van der Waals surface area contributed by atoms with Crippen LogP contribution in [0.25, 0.3) is 0 Å². The molecule has 2 rings (SSSR count). The van der Waals surface area contributed by atoms with Gasteiger partial charge in [0.25, 0.3) is 5.91 Å². The van der Waals surface area contributed by atoms with Crippen LogP contribution in [0.5, 0.6) is 5.75 Å². The lowest BCUT2D eigenvalue weighted by molar-refractivity contribution is 0.102. The van der Waals surface area contributed by atoms with Crippen molar-refractivity contribution in [3.8, 4) is 5.75 Å². The average molecular weight is 362 g/mol. The number of para-hydroxylation sites is 1. The second kappa shape index (κ2) is 8.13. The molecule has 0 aromatic heterocycles. The van der Waals surface area contributed by atoms with Gasteiger partial charge in [0, 0.05) is 18.8 Å². The molecule has 0 atom stereocenters. The molecule has 2 aromatic rings. The van der Waals surface area contributed by atoms with E-state index >= 15 is 0 Å². The fourth-order valence-corrected chi connectivity index (χ4v) is 3.94. The van der Waals surface area contributed by atoms with Gasteiger partial charge in [0.15, 0.2) is 0 Å². The summed E-state index contributed by atoms with van der Waals surface area (Å²) in [5.74, 6) is -0.119. The molecule has 6 nitrogen and oxygen atoms in total. The van der Waals surface area contributed by atoms with Crippen molar-refractivity contribution in [2.75, 3.05) is 25.5 Å². The van der Waals surface area contributed by atoms with E-state index in [0.29, 0.717) is 24.5 Å². The fraction of sp³-hybridized carbons (Fsp3) is 0.278. The van der Waals surface area contributed by atoms with Crippen LogP contribution < -0.4 is 10.1 Å². The van der Waals surface area contributed by atoms with E-state index < -0.39 is 15.9 Å². The molecular weight excluding hydrogens is 340 g/mol. The molecule has 0 unspecified atom stereocenters. The summed E-state index contributed by atoms with van der Waals surface area (Å²) in [6.45, 7) is 4.26. The Bertz CT molecular complexity index is 831. The third kappa shape index (κ3) is 4.18. The van der Waals surface area contributed by atoms with Gasteiger partial charge in [-0.2, -0.15) is 4.31 Å². The van der Waals surface area contributed by atoms with Gasteiger partial charge in [0.05, 0.1) is 17.6 Å². The Kier molecular flexibility index (Phi) is 6.17. The zero-order valence-electron chi connectivity index (χ0n) is 14.5. The molecule has 1 amide bonds. The fourth-order valence-electron chi connectivity index (χ4n) is 2.46. The zero-order valence-corrected chi connectivity index (χ0v) is 15.3. The normalized spacial score (nSPS) is 11.4. The van der Waals surface area contributed by atoms with E-state index in [9.17, 15) is 13.2 Å². The summed E-state index contributed by atoms with van der Waals surface area (Å²) in [5.41, 5.74) is 0.783. The maximum Gasteiger partial charge on any atom is 0.259 e. The summed E-state index contributed by atoms with van der Waals surface area (Å²) < 4.78 is 31.9. The van der Waals surface area contributed by atoms with Gasteiger partial charge in [-0.1, -0.05) is 32.0 Å². The first-order valence-electron chi connectivity index (χ1n) is 7.98. The molecule has 0 spiro atoms. The lowest BCUT2D eigenvalue weighted by atomic mass is 10.2. The molecule has 0 radical (unpaired) electrons. The molecule has 0 aliphatic rings. The molecule has 25 heavy (non-hydrogen) atoms.